The van der Waals surface area contributed by atoms with Gasteiger partial charge < -0.3 is 5.32 Å². The van der Waals surface area contributed by atoms with E-state index in [0.29, 0.717) is 0 Å². The molecule has 0 saturated carbocycles. The summed E-state index contributed by atoms with van der Waals surface area (Å²) in [6.45, 7) is 1.92. The van der Waals surface area contributed by atoms with Gasteiger partial charge in [-0.25, -0.2) is 9.97 Å². The molecule has 0 fully saturated rings. The van der Waals surface area contributed by atoms with Gasteiger partial charge in [-0.2, -0.15) is 0 Å². The van der Waals surface area contributed by atoms with E-state index >= 15 is 0 Å². The van der Waals surface area contributed by atoms with Crippen molar-refractivity contribution in [2.75, 3.05) is 5.32 Å². The van der Waals surface area contributed by atoms with Gasteiger partial charge in [0.05, 0.1) is 5.25 Å². The lowest BCUT2D eigenvalue weighted by Crippen LogP contribution is -2.22. The Hall–Kier alpha value is -1.44. The first-order valence-corrected chi connectivity index (χ1v) is 11.1. The van der Waals surface area contributed by atoms with Crippen molar-refractivity contribution >= 4 is 60.8 Å². The minimum atomic E-state index is -0.240. The van der Waals surface area contributed by atoms with E-state index in [1.54, 1.807) is 17.7 Å². The van der Waals surface area contributed by atoms with Gasteiger partial charge in [0.1, 0.15) is 16.2 Å². The maximum absolute atomic E-state index is 12.6. The van der Waals surface area contributed by atoms with E-state index in [9.17, 15) is 4.79 Å². The molecule has 0 radical (unpaired) electrons. The summed E-state index contributed by atoms with van der Waals surface area (Å²) < 4.78 is 0.989. The highest BCUT2D eigenvalue weighted by Crippen LogP contribution is 2.40. The van der Waals surface area contributed by atoms with Crippen molar-refractivity contribution < 1.29 is 4.79 Å². The Morgan fingerprint density at radius 1 is 1.23 bits per heavy atom. The second kappa shape index (κ2) is 7.66. The minimum absolute atomic E-state index is 0.0202. The van der Waals surface area contributed by atoms with Crippen LogP contribution in [0.15, 0.2) is 40.1 Å². The summed E-state index contributed by atoms with van der Waals surface area (Å²) in [5.41, 5.74) is 2.20. The number of rotatable bonds is 4. The number of nitrogens with zero attached hydrogens (tertiary/aromatic N) is 2. The molecule has 1 N–H and O–H groups in total. The number of fused-ring (bicyclic) bond motifs is 3. The van der Waals surface area contributed by atoms with E-state index in [1.807, 2.05) is 31.2 Å². The Morgan fingerprint density at radius 3 is 2.81 bits per heavy atom. The molecular formula is C19H18BrN3OS2. The molecule has 0 spiro atoms. The number of benzene rings is 1. The molecular weight excluding hydrogens is 430 g/mol. The monoisotopic (exact) mass is 447 g/mol. The molecule has 0 aliphatic heterocycles. The second-order valence-corrected chi connectivity index (χ2v) is 9.65. The first kappa shape index (κ1) is 17.9. The Kier molecular flexibility index (Phi) is 5.29. The number of carbonyl (C=O) groups excluding carboxylic acids is 1. The van der Waals surface area contributed by atoms with Crippen LogP contribution in [-0.4, -0.2) is 21.1 Å². The predicted molar refractivity (Wildman–Crippen MR) is 112 cm³/mol. The SMILES string of the molecule is CC(Sc1ncnc2sc3c(c12)CCCC3)C(=O)Nc1ccc(Br)cc1. The highest BCUT2D eigenvalue weighted by atomic mass is 79.9. The van der Waals surface area contributed by atoms with Crippen LogP contribution in [0.4, 0.5) is 5.69 Å². The highest BCUT2D eigenvalue weighted by Gasteiger charge is 2.23. The molecule has 2 heterocycles. The van der Waals surface area contributed by atoms with E-state index < -0.39 is 0 Å². The van der Waals surface area contributed by atoms with E-state index in [0.717, 1.165) is 32.9 Å². The number of thioether (sulfide) groups is 1. The summed E-state index contributed by atoms with van der Waals surface area (Å²) >= 11 is 6.70. The predicted octanol–water partition coefficient (Wildman–Crippen LogP) is 5.45. The third-order valence-corrected chi connectivity index (χ3v) is 7.31. The number of amides is 1. The van der Waals surface area contributed by atoms with E-state index in [1.165, 1.54) is 40.4 Å². The van der Waals surface area contributed by atoms with Crippen LogP contribution in [0.3, 0.4) is 0 Å². The number of hydrogen-bond acceptors (Lipinski definition) is 5. The van der Waals surface area contributed by atoms with E-state index in [-0.39, 0.29) is 11.2 Å². The average molecular weight is 448 g/mol. The molecule has 2 aromatic heterocycles. The van der Waals surface area contributed by atoms with Gasteiger partial charge in [0.2, 0.25) is 5.91 Å². The molecule has 1 amide bonds. The summed E-state index contributed by atoms with van der Waals surface area (Å²) in [5.74, 6) is -0.0202. The van der Waals surface area contributed by atoms with Crippen LogP contribution in [0, 0.1) is 0 Å². The fourth-order valence-corrected chi connectivity index (χ4v) is 5.65. The zero-order valence-electron chi connectivity index (χ0n) is 14.3. The van der Waals surface area contributed by atoms with Crippen molar-refractivity contribution in [3.63, 3.8) is 0 Å². The largest absolute Gasteiger partial charge is 0.325 e. The smallest absolute Gasteiger partial charge is 0.237 e. The average Bonchev–Trinajstić information content (AvgIpc) is 3.03. The third-order valence-electron chi connectivity index (χ3n) is 4.49. The number of aryl methyl sites for hydroxylation is 2. The quantitative estimate of drug-likeness (QED) is 0.426. The molecule has 0 saturated heterocycles. The van der Waals surface area contributed by atoms with E-state index in [2.05, 4.69) is 31.2 Å². The van der Waals surface area contributed by atoms with Gasteiger partial charge in [-0.3, -0.25) is 4.79 Å². The first-order valence-electron chi connectivity index (χ1n) is 8.60. The number of carbonyl (C=O) groups is 1. The van der Waals surface area contributed by atoms with Crippen molar-refractivity contribution in [1.82, 2.24) is 9.97 Å². The Morgan fingerprint density at radius 2 is 2.00 bits per heavy atom. The normalized spacial score (nSPS) is 14.8. The molecule has 1 unspecified atom stereocenters. The Balaban J connectivity index is 1.55. The van der Waals surface area contributed by atoms with Gasteiger partial charge in [-0.15, -0.1) is 11.3 Å². The molecule has 1 aliphatic carbocycles. The first-order chi connectivity index (χ1) is 12.6. The Labute approximate surface area is 169 Å². The van der Waals surface area contributed by atoms with Gasteiger partial charge >= 0.3 is 0 Å². The zero-order chi connectivity index (χ0) is 18.1. The molecule has 26 heavy (non-hydrogen) atoms. The minimum Gasteiger partial charge on any atom is -0.325 e. The maximum Gasteiger partial charge on any atom is 0.237 e. The molecule has 7 heteroatoms. The van der Waals surface area contributed by atoms with Crippen LogP contribution in [0.25, 0.3) is 10.2 Å². The number of hydrogen-bond donors (Lipinski definition) is 1. The lowest BCUT2D eigenvalue weighted by atomic mass is 9.97. The summed E-state index contributed by atoms with van der Waals surface area (Å²) in [7, 11) is 0. The lowest BCUT2D eigenvalue weighted by molar-refractivity contribution is -0.115. The number of aromatic nitrogens is 2. The van der Waals surface area contributed by atoms with Gasteiger partial charge in [0.15, 0.2) is 0 Å². The van der Waals surface area contributed by atoms with Crippen LogP contribution >= 0.6 is 39.0 Å². The summed E-state index contributed by atoms with van der Waals surface area (Å²) in [5, 5.41) is 4.82. The van der Waals surface area contributed by atoms with Crippen LogP contribution in [-0.2, 0) is 17.6 Å². The van der Waals surface area contributed by atoms with Gasteiger partial charge in [0, 0.05) is 20.4 Å². The molecule has 134 valence electrons. The molecule has 4 nitrogen and oxygen atoms in total. The van der Waals surface area contributed by atoms with Crippen LogP contribution in [0.2, 0.25) is 0 Å². The molecule has 3 aromatic rings. The molecule has 1 atom stereocenters. The summed E-state index contributed by atoms with van der Waals surface area (Å²) in [4.78, 5) is 24.0. The van der Waals surface area contributed by atoms with Gasteiger partial charge in [-0.1, -0.05) is 27.7 Å². The highest BCUT2D eigenvalue weighted by molar-refractivity contribution is 9.10. The second-order valence-electron chi connectivity index (χ2n) is 6.33. The standard InChI is InChI=1S/C19H18BrN3OS2/c1-11(17(24)23-13-8-6-12(20)7-9-13)25-18-16-14-4-2-3-5-15(14)26-19(16)22-10-21-18/h6-11H,2-5H2,1H3,(H,23,24). The molecule has 0 bridgehead atoms. The number of anilines is 1. The van der Waals surface area contributed by atoms with Crippen molar-refractivity contribution in [2.45, 2.75) is 42.9 Å². The van der Waals surface area contributed by atoms with Crippen molar-refractivity contribution in [3.8, 4) is 0 Å². The Bertz CT molecular complexity index is 955. The van der Waals surface area contributed by atoms with Crippen LogP contribution in [0.1, 0.15) is 30.2 Å². The van der Waals surface area contributed by atoms with Crippen molar-refractivity contribution in [1.29, 1.82) is 0 Å². The summed E-state index contributed by atoms with van der Waals surface area (Å²) in [6.07, 6.45) is 6.32. The third kappa shape index (κ3) is 3.66. The lowest BCUT2D eigenvalue weighted by Gasteiger charge is -2.14. The molecule has 4 rings (SSSR count). The van der Waals surface area contributed by atoms with Crippen molar-refractivity contribution in [3.05, 3.63) is 45.5 Å². The number of halogens is 1. The molecule has 1 aromatic carbocycles. The molecule has 1 aliphatic rings. The maximum atomic E-state index is 12.6. The summed E-state index contributed by atoms with van der Waals surface area (Å²) in [6, 6.07) is 7.60. The number of nitrogens with one attached hydrogen (secondary N) is 1. The number of thiophene rings is 1. The van der Waals surface area contributed by atoms with E-state index in [4.69, 9.17) is 0 Å². The topological polar surface area (TPSA) is 54.9 Å². The van der Waals surface area contributed by atoms with Crippen LogP contribution in [0.5, 0.6) is 0 Å². The van der Waals surface area contributed by atoms with Crippen LogP contribution < -0.4 is 5.32 Å². The zero-order valence-corrected chi connectivity index (χ0v) is 17.5. The van der Waals surface area contributed by atoms with Gasteiger partial charge in [0.25, 0.3) is 0 Å². The van der Waals surface area contributed by atoms with Crippen molar-refractivity contribution in [2.24, 2.45) is 0 Å². The fraction of sp³-hybridized carbons (Fsp3) is 0.316. The van der Waals surface area contributed by atoms with Gasteiger partial charge in [-0.05, 0) is 62.4 Å². The fourth-order valence-electron chi connectivity index (χ4n) is 3.15.